The first kappa shape index (κ1) is 17.0. The molecule has 7 heteroatoms. The van der Waals surface area contributed by atoms with E-state index in [-0.39, 0.29) is 12.1 Å². The van der Waals surface area contributed by atoms with Crippen molar-refractivity contribution in [2.75, 3.05) is 6.54 Å². The number of benzene rings is 2. The number of amides is 3. The number of rotatable bonds is 4. The van der Waals surface area contributed by atoms with Crippen molar-refractivity contribution in [1.29, 1.82) is 0 Å². The molecule has 0 unspecified atom stereocenters. The summed E-state index contributed by atoms with van der Waals surface area (Å²) in [6.45, 7) is 1.09. The van der Waals surface area contributed by atoms with Crippen LogP contribution < -0.4 is 5.32 Å². The smallest absolute Gasteiger partial charge is 0.325 e. The van der Waals surface area contributed by atoms with E-state index >= 15 is 0 Å². The van der Waals surface area contributed by atoms with Gasteiger partial charge in [-0.15, -0.1) is 0 Å². The Balaban J connectivity index is 1.84. The molecule has 1 aliphatic heterocycles. The van der Waals surface area contributed by atoms with Gasteiger partial charge in [-0.05, 0) is 30.7 Å². The van der Waals surface area contributed by atoms with E-state index < -0.39 is 35.2 Å². The number of imide groups is 1. The van der Waals surface area contributed by atoms with E-state index in [4.69, 9.17) is 0 Å². The SMILES string of the molecule is C[C@@]1(c2ccccc2F)NC(=O)N(C[C@H](O)c2ccc(F)cc2)C1=O. The maximum atomic E-state index is 14.1. The summed E-state index contributed by atoms with van der Waals surface area (Å²) in [5.41, 5.74) is -1.14. The highest BCUT2D eigenvalue weighted by molar-refractivity contribution is 6.07. The van der Waals surface area contributed by atoms with Gasteiger partial charge in [0.2, 0.25) is 0 Å². The molecular weight excluding hydrogens is 330 g/mol. The van der Waals surface area contributed by atoms with Crippen LogP contribution in [0.3, 0.4) is 0 Å². The molecule has 0 aliphatic carbocycles. The molecular formula is C18H16F2N2O3. The molecule has 0 radical (unpaired) electrons. The number of hydrogen-bond acceptors (Lipinski definition) is 3. The molecule has 0 saturated carbocycles. The molecule has 1 aliphatic rings. The third-order valence-corrected chi connectivity index (χ3v) is 4.30. The van der Waals surface area contributed by atoms with Crippen molar-refractivity contribution in [3.05, 3.63) is 71.3 Å². The lowest BCUT2D eigenvalue weighted by molar-refractivity contribution is -0.132. The van der Waals surface area contributed by atoms with E-state index in [1.807, 2.05) is 0 Å². The van der Waals surface area contributed by atoms with Crippen molar-refractivity contribution < 1.29 is 23.5 Å². The number of carbonyl (C=O) groups is 2. The number of urea groups is 1. The fraction of sp³-hybridized carbons (Fsp3) is 0.222. The fourth-order valence-corrected chi connectivity index (χ4v) is 2.88. The summed E-state index contributed by atoms with van der Waals surface area (Å²) in [5.74, 6) is -1.73. The van der Waals surface area contributed by atoms with Crippen LogP contribution in [0.2, 0.25) is 0 Å². The van der Waals surface area contributed by atoms with Crippen LogP contribution in [0.5, 0.6) is 0 Å². The summed E-state index contributed by atoms with van der Waals surface area (Å²) in [4.78, 5) is 25.8. The Bertz CT molecular complexity index is 825. The molecule has 0 spiro atoms. The normalized spacial score (nSPS) is 21.4. The second kappa shape index (κ2) is 6.25. The topological polar surface area (TPSA) is 69.6 Å². The molecule has 2 N–H and O–H groups in total. The molecule has 2 aromatic rings. The van der Waals surface area contributed by atoms with Crippen molar-refractivity contribution in [1.82, 2.24) is 10.2 Å². The lowest BCUT2D eigenvalue weighted by Gasteiger charge is -2.23. The van der Waals surface area contributed by atoms with Gasteiger partial charge in [-0.3, -0.25) is 9.69 Å². The lowest BCUT2D eigenvalue weighted by Crippen LogP contribution is -2.42. The third-order valence-electron chi connectivity index (χ3n) is 4.30. The second-order valence-electron chi connectivity index (χ2n) is 6.02. The zero-order valence-corrected chi connectivity index (χ0v) is 13.4. The molecule has 3 amide bonds. The predicted octanol–water partition coefficient (Wildman–Crippen LogP) is 2.47. The molecule has 5 nitrogen and oxygen atoms in total. The van der Waals surface area contributed by atoms with Gasteiger partial charge in [0.15, 0.2) is 0 Å². The molecule has 2 aromatic carbocycles. The molecule has 2 atom stereocenters. The van der Waals surface area contributed by atoms with Gasteiger partial charge in [0, 0.05) is 5.56 Å². The molecule has 130 valence electrons. The van der Waals surface area contributed by atoms with Crippen LogP contribution in [-0.2, 0) is 10.3 Å². The number of aliphatic hydroxyl groups excluding tert-OH is 1. The number of aliphatic hydroxyl groups is 1. The van der Waals surface area contributed by atoms with E-state index in [9.17, 15) is 23.5 Å². The van der Waals surface area contributed by atoms with E-state index in [2.05, 4.69) is 5.32 Å². The van der Waals surface area contributed by atoms with E-state index in [1.165, 1.54) is 49.4 Å². The van der Waals surface area contributed by atoms with Crippen LogP contribution in [0.15, 0.2) is 48.5 Å². The Morgan fingerprint density at radius 3 is 2.40 bits per heavy atom. The zero-order valence-electron chi connectivity index (χ0n) is 13.4. The molecule has 1 heterocycles. The summed E-state index contributed by atoms with van der Waals surface area (Å²) < 4.78 is 27.0. The van der Waals surface area contributed by atoms with E-state index in [0.29, 0.717) is 5.56 Å². The average molecular weight is 346 g/mol. The minimum atomic E-state index is -1.55. The number of hydrogen-bond donors (Lipinski definition) is 2. The van der Waals surface area contributed by atoms with Crippen LogP contribution in [0.25, 0.3) is 0 Å². The van der Waals surface area contributed by atoms with Gasteiger partial charge in [-0.1, -0.05) is 30.3 Å². The first-order chi connectivity index (χ1) is 11.8. The predicted molar refractivity (Wildman–Crippen MR) is 85.4 cm³/mol. The minimum absolute atomic E-state index is 0.0483. The molecule has 25 heavy (non-hydrogen) atoms. The Labute approximate surface area is 142 Å². The fourth-order valence-electron chi connectivity index (χ4n) is 2.88. The standard InChI is InChI=1S/C18H16F2N2O3/c1-18(13-4-2-3-5-14(13)20)16(24)22(17(25)21-18)10-15(23)11-6-8-12(19)9-7-11/h2-9,15,23H,10H2,1H3,(H,21,25)/t15-,18-/m0/s1. The first-order valence-corrected chi connectivity index (χ1v) is 7.65. The number of β-amino-alcohol motifs (C(OH)–C–C–N with tert-alkyl or cyclic N) is 1. The monoisotopic (exact) mass is 346 g/mol. The van der Waals surface area contributed by atoms with Crippen molar-refractivity contribution >= 4 is 11.9 Å². The molecule has 0 aromatic heterocycles. The number of carbonyl (C=O) groups excluding carboxylic acids is 2. The number of nitrogens with zero attached hydrogens (tertiary/aromatic N) is 1. The van der Waals surface area contributed by atoms with Gasteiger partial charge in [0.05, 0.1) is 12.6 Å². The first-order valence-electron chi connectivity index (χ1n) is 7.65. The Morgan fingerprint density at radius 2 is 1.76 bits per heavy atom. The highest BCUT2D eigenvalue weighted by Crippen LogP contribution is 2.31. The van der Waals surface area contributed by atoms with Crippen LogP contribution in [0.1, 0.15) is 24.2 Å². The van der Waals surface area contributed by atoms with Crippen LogP contribution >= 0.6 is 0 Å². The van der Waals surface area contributed by atoms with Crippen molar-refractivity contribution in [2.24, 2.45) is 0 Å². The Kier molecular flexibility index (Phi) is 4.26. The summed E-state index contributed by atoms with van der Waals surface area (Å²) in [7, 11) is 0. The highest BCUT2D eigenvalue weighted by Gasteiger charge is 2.50. The zero-order chi connectivity index (χ0) is 18.2. The van der Waals surface area contributed by atoms with Gasteiger partial charge >= 0.3 is 6.03 Å². The van der Waals surface area contributed by atoms with Crippen LogP contribution in [0.4, 0.5) is 13.6 Å². The summed E-state index contributed by atoms with van der Waals surface area (Å²) in [6, 6.07) is 10.0. The quantitative estimate of drug-likeness (QED) is 0.836. The summed E-state index contributed by atoms with van der Waals surface area (Å²) >= 11 is 0. The van der Waals surface area contributed by atoms with Crippen molar-refractivity contribution in [3.63, 3.8) is 0 Å². The van der Waals surface area contributed by atoms with Gasteiger partial charge in [-0.2, -0.15) is 0 Å². The molecule has 1 saturated heterocycles. The minimum Gasteiger partial charge on any atom is -0.387 e. The highest BCUT2D eigenvalue weighted by atomic mass is 19.1. The number of halogens is 2. The summed E-state index contributed by atoms with van der Waals surface area (Å²) in [5, 5.41) is 12.7. The Morgan fingerprint density at radius 1 is 1.12 bits per heavy atom. The van der Waals surface area contributed by atoms with E-state index in [1.54, 1.807) is 6.07 Å². The van der Waals surface area contributed by atoms with Crippen molar-refractivity contribution in [3.8, 4) is 0 Å². The van der Waals surface area contributed by atoms with Gasteiger partial charge in [-0.25, -0.2) is 13.6 Å². The maximum Gasteiger partial charge on any atom is 0.325 e. The second-order valence-corrected chi connectivity index (χ2v) is 6.02. The van der Waals surface area contributed by atoms with Gasteiger partial charge in [0.25, 0.3) is 5.91 Å². The average Bonchev–Trinajstić information content (AvgIpc) is 2.80. The third kappa shape index (κ3) is 2.98. The molecule has 0 bridgehead atoms. The molecule has 1 fully saturated rings. The largest absolute Gasteiger partial charge is 0.387 e. The molecule has 3 rings (SSSR count). The van der Waals surface area contributed by atoms with Gasteiger partial charge in [0.1, 0.15) is 17.2 Å². The van der Waals surface area contributed by atoms with Gasteiger partial charge < -0.3 is 10.4 Å². The van der Waals surface area contributed by atoms with Crippen LogP contribution in [-0.4, -0.2) is 28.5 Å². The van der Waals surface area contributed by atoms with E-state index in [0.717, 1.165) is 4.90 Å². The van der Waals surface area contributed by atoms with Crippen LogP contribution in [0, 0.1) is 11.6 Å². The number of nitrogens with one attached hydrogen (secondary N) is 1. The Hall–Kier alpha value is -2.80. The summed E-state index contributed by atoms with van der Waals surface area (Å²) in [6.07, 6.45) is -1.18. The lowest BCUT2D eigenvalue weighted by atomic mass is 9.91. The van der Waals surface area contributed by atoms with Crippen molar-refractivity contribution in [2.45, 2.75) is 18.6 Å². The maximum absolute atomic E-state index is 14.1.